The summed E-state index contributed by atoms with van der Waals surface area (Å²) in [7, 11) is -3.78. The molecule has 2 aliphatic carbocycles. The minimum absolute atomic E-state index is 0.0200. The van der Waals surface area contributed by atoms with E-state index in [1.165, 1.54) is 12.1 Å². The number of benzene rings is 1. The molecule has 3 N–H and O–H groups in total. The van der Waals surface area contributed by atoms with Crippen molar-refractivity contribution < 1.29 is 22.4 Å². The number of nitrogens with one attached hydrogen (secondary N) is 1. The van der Waals surface area contributed by atoms with Crippen LogP contribution in [-0.4, -0.2) is 20.0 Å². The zero-order chi connectivity index (χ0) is 21.8. The highest BCUT2D eigenvalue weighted by Gasteiger charge is 2.41. The largest absolute Gasteiger partial charge is 0.460 e. The first-order valence-electron chi connectivity index (χ1n) is 10.4. The number of carbonyl (C=O) groups excluding carboxylic acids is 2. The predicted molar refractivity (Wildman–Crippen MR) is 113 cm³/mol. The van der Waals surface area contributed by atoms with Gasteiger partial charge in [-0.05, 0) is 62.1 Å². The molecule has 5 rings (SSSR count). The van der Waals surface area contributed by atoms with E-state index in [0.717, 1.165) is 37.1 Å². The Morgan fingerprint density at radius 1 is 0.839 bits per heavy atom. The van der Waals surface area contributed by atoms with Gasteiger partial charge in [-0.1, -0.05) is 0 Å². The summed E-state index contributed by atoms with van der Waals surface area (Å²) in [5, 5.41) is 8.55. The Morgan fingerprint density at radius 2 is 1.42 bits per heavy atom. The van der Waals surface area contributed by atoms with E-state index in [1.807, 2.05) is 0 Å². The molecule has 1 aromatic carbocycles. The van der Waals surface area contributed by atoms with Crippen LogP contribution in [0.3, 0.4) is 0 Å². The highest BCUT2D eigenvalue weighted by Crippen LogP contribution is 2.46. The van der Waals surface area contributed by atoms with Crippen LogP contribution in [0, 0.1) is 0 Å². The smallest absolute Gasteiger partial charge is 0.238 e. The van der Waals surface area contributed by atoms with Gasteiger partial charge in [-0.3, -0.25) is 9.59 Å². The summed E-state index contributed by atoms with van der Waals surface area (Å²) in [6, 6.07) is 9.68. The van der Waals surface area contributed by atoms with E-state index in [0.29, 0.717) is 41.1 Å². The number of ketones is 2. The van der Waals surface area contributed by atoms with Gasteiger partial charge in [0.05, 0.1) is 10.8 Å². The normalized spacial score (nSPS) is 19.9. The van der Waals surface area contributed by atoms with Crippen molar-refractivity contribution in [2.24, 2.45) is 5.14 Å². The van der Waals surface area contributed by atoms with Crippen LogP contribution in [-0.2, 0) is 19.6 Å². The summed E-state index contributed by atoms with van der Waals surface area (Å²) < 4.78 is 29.1. The van der Waals surface area contributed by atoms with Crippen LogP contribution in [0.25, 0.3) is 11.3 Å². The first-order chi connectivity index (χ1) is 14.8. The van der Waals surface area contributed by atoms with Crippen LogP contribution in [0.5, 0.6) is 0 Å². The van der Waals surface area contributed by atoms with Gasteiger partial charge in [0.25, 0.3) is 0 Å². The summed E-state index contributed by atoms with van der Waals surface area (Å²) in [5.41, 5.74) is 3.78. The molecule has 0 atom stereocenters. The summed E-state index contributed by atoms with van der Waals surface area (Å²) in [5.74, 6) is 0.699. The maximum Gasteiger partial charge on any atom is 0.238 e. The van der Waals surface area contributed by atoms with Crippen LogP contribution >= 0.6 is 0 Å². The summed E-state index contributed by atoms with van der Waals surface area (Å²) in [6.45, 7) is 0. The van der Waals surface area contributed by atoms with Crippen LogP contribution < -0.4 is 10.5 Å². The standard InChI is InChI=1S/C23H22N2O5S/c24-31(28,29)14-9-7-13(8-10-14)19-11-12-20(30-19)23-21-15(3-1-5-17(21)26)25-16-4-2-6-18(27)22(16)23/h7-12,23,25H,1-6H2,(H2,24,28,29). The maximum absolute atomic E-state index is 12.9. The second-order valence-electron chi connectivity index (χ2n) is 8.17. The molecule has 31 heavy (non-hydrogen) atoms. The molecule has 160 valence electrons. The lowest BCUT2D eigenvalue weighted by molar-refractivity contribution is -0.117. The Hall–Kier alpha value is -2.97. The van der Waals surface area contributed by atoms with Gasteiger partial charge in [0, 0.05) is 40.9 Å². The number of furan rings is 1. The van der Waals surface area contributed by atoms with E-state index < -0.39 is 15.9 Å². The quantitative estimate of drug-likeness (QED) is 0.759. The minimum Gasteiger partial charge on any atom is -0.460 e. The molecule has 0 bridgehead atoms. The molecular weight excluding hydrogens is 416 g/mol. The number of dihydropyridines is 1. The number of allylic oxidation sites excluding steroid dienone is 4. The number of carbonyl (C=O) groups is 2. The summed E-state index contributed by atoms with van der Waals surface area (Å²) in [6.07, 6.45) is 4.10. The molecule has 0 spiro atoms. The van der Waals surface area contributed by atoms with Crippen molar-refractivity contribution >= 4 is 21.6 Å². The first kappa shape index (κ1) is 20.0. The van der Waals surface area contributed by atoms with Gasteiger partial charge in [0.1, 0.15) is 11.5 Å². The van der Waals surface area contributed by atoms with Crippen molar-refractivity contribution in [2.75, 3.05) is 0 Å². The molecule has 0 unspecified atom stereocenters. The fourth-order valence-corrected chi connectivity index (χ4v) is 5.26. The average Bonchev–Trinajstić information content (AvgIpc) is 3.22. The Labute approximate surface area is 180 Å². The molecule has 0 fully saturated rings. The molecule has 0 saturated carbocycles. The number of Topliss-reactive ketones (excluding diaryl/α,β-unsaturated/α-hetero) is 2. The van der Waals surface area contributed by atoms with E-state index in [9.17, 15) is 18.0 Å². The van der Waals surface area contributed by atoms with Gasteiger partial charge >= 0.3 is 0 Å². The van der Waals surface area contributed by atoms with E-state index >= 15 is 0 Å². The molecule has 7 nitrogen and oxygen atoms in total. The zero-order valence-electron chi connectivity index (χ0n) is 16.8. The summed E-state index contributed by atoms with van der Waals surface area (Å²) >= 11 is 0. The van der Waals surface area contributed by atoms with E-state index in [2.05, 4.69) is 5.32 Å². The number of rotatable bonds is 3. The molecule has 8 heteroatoms. The molecular formula is C23H22N2O5S. The van der Waals surface area contributed by atoms with Crippen molar-refractivity contribution in [3.63, 3.8) is 0 Å². The van der Waals surface area contributed by atoms with Gasteiger partial charge in [-0.25, -0.2) is 13.6 Å². The zero-order valence-corrected chi connectivity index (χ0v) is 17.6. The average molecular weight is 439 g/mol. The number of nitrogens with two attached hydrogens (primary N) is 1. The maximum atomic E-state index is 12.9. The molecule has 2 heterocycles. The minimum atomic E-state index is -3.78. The van der Waals surface area contributed by atoms with Crippen molar-refractivity contribution in [1.82, 2.24) is 5.32 Å². The van der Waals surface area contributed by atoms with Gasteiger partial charge in [-0.2, -0.15) is 0 Å². The molecule has 0 radical (unpaired) electrons. The summed E-state index contributed by atoms with van der Waals surface area (Å²) in [4.78, 5) is 25.7. The number of hydrogen-bond acceptors (Lipinski definition) is 6. The fourth-order valence-electron chi connectivity index (χ4n) is 4.74. The highest BCUT2D eigenvalue weighted by molar-refractivity contribution is 7.89. The van der Waals surface area contributed by atoms with Gasteiger partial charge in [0.2, 0.25) is 10.0 Å². The molecule has 1 aromatic heterocycles. The topological polar surface area (TPSA) is 119 Å². The third-order valence-corrected chi connectivity index (χ3v) is 7.10. The lowest BCUT2D eigenvalue weighted by Gasteiger charge is -2.36. The SMILES string of the molecule is NS(=O)(=O)c1ccc(-c2ccc(C3C4=C(CCCC4=O)NC4=C3C(=O)CCC4)o2)cc1. The van der Waals surface area contributed by atoms with E-state index in [4.69, 9.17) is 9.56 Å². The number of hydrogen-bond donors (Lipinski definition) is 2. The highest BCUT2D eigenvalue weighted by atomic mass is 32.2. The lowest BCUT2D eigenvalue weighted by atomic mass is 9.73. The van der Waals surface area contributed by atoms with Crippen molar-refractivity contribution in [3.8, 4) is 11.3 Å². The molecule has 2 aromatic rings. The van der Waals surface area contributed by atoms with Crippen LogP contribution in [0.2, 0.25) is 0 Å². The van der Waals surface area contributed by atoms with Gasteiger partial charge in [0.15, 0.2) is 11.6 Å². The van der Waals surface area contributed by atoms with Crippen LogP contribution in [0.1, 0.15) is 50.2 Å². The Bertz CT molecular complexity index is 1220. The van der Waals surface area contributed by atoms with E-state index in [-0.39, 0.29) is 16.5 Å². The predicted octanol–water partition coefficient (Wildman–Crippen LogP) is 3.30. The first-order valence-corrected chi connectivity index (χ1v) is 11.9. The molecule has 3 aliphatic rings. The van der Waals surface area contributed by atoms with E-state index in [1.54, 1.807) is 24.3 Å². The Morgan fingerprint density at radius 3 is 1.97 bits per heavy atom. The van der Waals surface area contributed by atoms with Crippen molar-refractivity contribution in [1.29, 1.82) is 0 Å². The third-order valence-electron chi connectivity index (χ3n) is 6.17. The third kappa shape index (κ3) is 3.45. The monoisotopic (exact) mass is 438 g/mol. The Kier molecular flexibility index (Phi) is 4.71. The van der Waals surface area contributed by atoms with Crippen LogP contribution in [0.4, 0.5) is 0 Å². The fraction of sp³-hybridized carbons (Fsp3) is 0.304. The van der Waals surface area contributed by atoms with Gasteiger partial charge < -0.3 is 9.73 Å². The van der Waals surface area contributed by atoms with Crippen LogP contribution in [0.15, 0.2) is 68.3 Å². The number of primary sulfonamides is 1. The second kappa shape index (κ2) is 7.32. The Balaban J connectivity index is 1.58. The van der Waals surface area contributed by atoms with Gasteiger partial charge in [-0.15, -0.1) is 0 Å². The second-order valence-corrected chi connectivity index (χ2v) is 9.73. The lowest BCUT2D eigenvalue weighted by Crippen LogP contribution is -2.36. The molecule has 0 amide bonds. The molecule has 0 saturated heterocycles. The number of sulfonamides is 1. The van der Waals surface area contributed by atoms with Crippen molar-refractivity contribution in [2.45, 2.75) is 49.3 Å². The molecule has 1 aliphatic heterocycles. The van der Waals surface area contributed by atoms with Crippen molar-refractivity contribution in [3.05, 3.63) is 64.7 Å².